The van der Waals surface area contributed by atoms with Crippen molar-refractivity contribution in [2.75, 3.05) is 20.2 Å². The maximum absolute atomic E-state index is 12.6. The Hall–Kier alpha value is -1.18. The Balaban J connectivity index is 3.06. The van der Waals surface area contributed by atoms with Crippen LogP contribution in [0.15, 0.2) is 23.4 Å². The van der Waals surface area contributed by atoms with E-state index < -0.39 is 16.0 Å². The van der Waals surface area contributed by atoms with Gasteiger partial charge in [-0.2, -0.15) is 4.31 Å². The third kappa shape index (κ3) is 4.94. The summed E-state index contributed by atoms with van der Waals surface area (Å²) in [6.45, 7) is 4.11. The molecule has 0 unspecified atom stereocenters. The van der Waals surface area contributed by atoms with Crippen molar-refractivity contribution in [2.45, 2.75) is 25.2 Å². The third-order valence-electron chi connectivity index (χ3n) is 2.71. The number of ether oxygens (including phenoxy) is 1. The molecule has 0 fully saturated rings. The number of aromatic nitrogens is 1. The average molecular weight is 335 g/mol. The van der Waals surface area contributed by atoms with Crippen molar-refractivity contribution in [3.8, 4) is 0 Å². The second kappa shape index (κ2) is 7.72. The fraction of sp³-hybridized carbons (Fsp3) is 0.538. The van der Waals surface area contributed by atoms with Gasteiger partial charge >= 0.3 is 5.97 Å². The molecule has 118 valence electrons. The van der Waals surface area contributed by atoms with Gasteiger partial charge in [-0.15, -0.1) is 0 Å². The van der Waals surface area contributed by atoms with Crippen LogP contribution in [0.5, 0.6) is 0 Å². The highest BCUT2D eigenvalue weighted by molar-refractivity contribution is 7.89. The highest BCUT2D eigenvalue weighted by atomic mass is 35.5. The molecule has 0 bridgehead atoms. The monoisotopic (exact) mass is 334 g/mol. The van der Waals surface area contributed by atoms with Gasteiger partial charge in [-0.3, -0.25) is 9.78 Å². The minimum Gasteiger partial charge on any atom is -0.469 e. The number of sulfonamides is 1. The lowest BCUT2D eigenvalue weighted by Crippen LogP contribution is -2.36. The van der Waals surface area contributed by atoms with Crippen molar-refractivity contribution in [1.82, 2.24) is 9.29 Å². The smallest absolute Gasteiger partial charge is 0.306 e. The zero-order valence-corrected chi connectivity index (χ0v) is 13.8. The summed E-state index contributed by atoms with van der Waals surface area (Å²) < 4.78 is 31.1. The van der Waals surface area contributed by atoms with Crippen molar-refractivity contribution in [3.05, 3.63) is 23.5 Å². The molecule has 0 saturated carbocycles. The van der Waals surface area contributed by atoms with Crippen LogP contribution in [-0.4, -0.2) is 43.9 Å². The van der Waals surface area contributed by atoms with E-state index >= 15 is 0 Å². The fourth-order valence-corrected chi connectivity index (χ4v) is 3.74. The minimum atomic E-state index is -3.80. The van der Waals surface area contributed by atoms with Crippen molar-refractivity contribution >= 4 is 27.6 Å². The van der Waals surface area contributed by atoms with Gasteiger partial charge in [0.05, 0.1) is 18.6 Å². The normalized spacial score (nSPS) is 11.9. The summed E-state index contributed by atoms with van der Waals surface area (Å²) in [6, 6.07) is 1.42. The molecule has 6 nitrogen and oxygen atoms in total. The highest BCUT2D eigenvalue weighted by Crippen LogP contribution is 2.24. The molecule has 0 atom stereocenters. The first-order valence-corrected chi connectivity index (χ1v) is 8.27. The molecule has 1 heterocycles. The Kier molecular flexibility index (Phi) is 6.57. The van der Waals surface area contributed by atoms with E-state index in [0.29, 0.717) is 0 Å². The second-order valence-corrected chi connectivity index (χ2v) is 7.20. The summed E-state index contributed by atoms with van der Waals surface area (Å²) in [5.41, 5.74) is 0. The van der Waals surface area contributed by atoms with Crippen LogP contribution in [0.1, 0.15) is 20.3 Å². The van der Waals surface area contributed by atoms with Gasteiger partial charge < -0.3 is 4.74 Å². The molecule has 0 amide bonds. The lowest BCUT2D eigenvalue weighted by atomic mass is 10.2. The Labute approximate surface area is 130 Å². The molecule has 0 aliphatic heterocycles. The zero-order valence-electron chi connectivity index (χ0n) is 12.2. The number of carbonyl (C=O) groups excluding carboxylic acids is 1. The van der Waals surface area contributed by atoms with Crippen LogP contribution in [-0.2, 0) is 19.6 Å². The second-order valence-electron chi connectivity index (χ2n) is 4.89. The van der Waals surface area contributed by atoms with Gasteiger partial charge in [0, 0.05) is 25.5 Å². The number of pyridine rings is 1. The Morgan fingerprint density at radius 1 is 1.48 bits per heavy atom. The van der Waals surface area contributed by atoms with Gasteiger partial charge in [0.2, 0.25) is 10.0 Å². The molecule has 0 aliphatic rings. The number of nitrogens with zero attached hydrogens (tertiary/aromatic N) is 2. The van der Waals surface area contributed by atoms with Crippen LogP contribution in [0.25, 0.3) is 0 Å². The Bertz CT molecular complexity index is 590. The van der Waals surface area contributed by atoms with Crippen molar-refractivity contribution in [2.24, 2.45) is 5.92 Å². The third-order valence-corrected chi connectivity index (χ3v) is 5.05. The zero-order chi connectivity index (χ0) is 16.0. The van der Waals surface area contributed by atoms with Crippen molar-refractivity contribution in [3.63, 3.8) is 0 Å². The molecule has 1 aromatic rings. The molecule has 0 aliphatic carbocycles. The summed E-state index contributed by atoms with van der Waals surface area (Å²) in [6.07, 6.45) is 2.62. The van der Waals surface area contributed by atoms with Crippen LogP contribution in [0.4, 0.5) is 0 Å². The standard InChI is InChI=1S/C13H19ClN2O4S/c1-10(2)9-16(7-5-13(17)20-3)21(18,19)12-8-15-6-4-11(12)14/h4,6,8,10H,5,7,9H2,1-3H3. The predicted molar refractivity (Wildman–Crippen MR) is 79.5 cm³/mol. The van der Waals surface area contributed by atoms with E-state index in [-0.39, 0.29) is 35.3 Å². The molecule has 8 heteroatoms. The first-order chi connectivity index (χ1) is 9.78. The van der Waals surface area contributed by atoms with E-state index in [2.05, 4.69) is 9.72 Å². The molecule has 0 spiro atoms. The topological polar surface area (TPSA) is 76.6 Å². The quantitative estimate of drug-likeness (QED) is 0.712. The molecule has 21 heavy (non-hydrogen) atoms. The van der Waals surface area contributed by atoms with Crippen LogP contribution in [0.3, 0.4) is 0 Å². The molecule has 0 N–H and O–H groups in total. The predicted octanol–water partition coefficient (Wildman–Crippen LogP) is 1.94. The van der Waals surface area contributed by atoms with Gasteiger partial charge in [-0.25, -0.2) is 8.42 Å². The SMILES string of the molecule is COC(=O)CCN(CC(C)C)S(=O)(=O)c1cnccc1Cl. The van der Waals surface area contributed by atoms with Gasteiger partial charge in [0.1, 0.15) is 4.90 Å². The number of hydrogen-bond acceptors (Lipinski definition) is 5. The lowest BCUT2D eigenvalue weighted by molar-refractivity contribution is -0.140. The average Bonchev–Trinajstić information content (AvgIpc) is 2.42. The van der Waals surface area contributed by atoms with E-state index in [1.165, 1.54) is 29.9 Å². The summed E-state index contributed by atoms with van der Waals surface area (Å²) in [5.74, 6) is -0.357. The molecule has 0 aromatic carbocycles. The molecule has 1 aromatic heterocycles. The maximum Gasteiger partial charge on any atom is 0.306 e. The Morgan fingerprint density at radius 3 is 2.67 bits per heavy atom. The molecule has 0 radical (unpaired) electrons. The lowest BCUT2D eigenvalue weighted by Gasteiger charge is -2.23. The van der Waals surface area contributed by atoms with Crippen molar-refractivity contribution < 1.29 is 17.9 Å². The van der Waals surface area contributed by atoms with Crippen LogP contribution >= 0.6 is 11.6 Å². The van der Waals surface area contributed by atoms with Crippen LogP contribution < -0.4 is 0 Å². The number of carbonyl (C=O) groups is 1. The van der Waals surface area contributed by atoms with Gasteiger partial charge in [0.25, 0.3) is 0 Å². The first-order valence-electron chi connectivity index (χ1n) is 6.45. The largest absolute Gasteiger partial charge is 0.469 e. The number of methoxy groups -OCH3 is 1. The van der Waals surface area contributed by atoms with Gasteiger partial charge in [-0.05, 0) is 12.0 Å². The number of esters is 1. The summed E-state index contributed by atoms with van der Waals surface area (Å²) in [4.78, 5) is 15.0. The van der Waals surface area contributed by atoms with E-state index in [4.69, 9.17) is 11.6 Å². The van der Waals surface area contributed by atoms with Crippen LogP contribution in [0.2, 0.25) is 5.02 Å². The van der Waals surface area contributed by atoms with E-state index in [9.17, 15) is 13.2 Å². The van der Waals surface area contributed by atoms with Crippen molar-refractivity contribution in [1.29, 1.82) is 0 Å². The van der Waals surface area contributed by atoms with Gasteiger partial charge in [-0.1, -0.05) is 25.4 Å². The van der Waals surface area contributed by atoms with Gasteiger partial charge in [0.15, 0.2) is 0 Å². The van der Waals surface area contributed by atoms with Crippen LogP contribution in [0, 0.1) is 5.92 Å². The van der Waals surface area contributed by atoms with E-state index in [1.54, 1.807) is 0 Å². The number of rotatable bonds is 7. The van der Waals surface area contributed by atoms with E-state index in [1.807, 2.05) is 13.8 Å². The number of hydrogen-bond donors (Lipinski definition) is 0. The highest BCUT2D eigenvalue weighted by Gasteiger charge is 2.28. The summed E-state index contributed by atoms with van der Waals surface area (Å²) in [7, 11) is -2.53. The fourth-order valence-electron chi connectivity index (χ4n) is 1.73. The summed E-state index contributed by atoms with van der Waals surface area (Å²) in [5, 5.41) is 0.108. The Morgan fingerprint density at radius 2 is 2.14 bits per heavy atom. The molecular weight excluding hydrogens is 316 g/mol. The van der Waals surface area contributed by atoms with E-state index in [0.717, 1.165) is 0 Å². The number of halogens is 1. The first kappa shape index (κ1) is 17.9. The maximum atomic E-state index is 12.6. The summed E-state index contributed by atoms with van der Waals surface area (Å²) >= 11 is 5.94. The molecule has 0 saturated heterocycles. The molecule has 1 rings (SSSR count). The minimum absolute atomic E-state index is 0.0136. The molecular formula is C13H19ClN2O4S.